The Hall–Kier alpha value is -2.12. The number of ketones is 1. The Kier molecular flexibility index (Phi) is 6.99. The summed E-state index contributed by atoms with van der Waals surface area (Å²) in [6.07, 6.45) is -0.645. The molecule has 0 aromatic rings. The molecule has 0 spiro atoms. The first-order chi connectivity index (χ1) is 10.7. The van der Waals surface area contributed by atoms with Crippen molar-refractivity contribution < 1.29 is 23.9 Å². The van der Waals surface area contributed by atoms with E-state index in [1.54, 1.807) is 20.8 Å². The Morgan fingerprint density at radius 1 is 1.39 bits per heavy atom. The lowest BCUT2D eigenvalue weighted by Crippen LogP contribution is -2.49. The number of hydrogen-bond donors (Lipinski definition) is 0. The van der Waals surface area contributed by atoms with E-state index in [2.05, 4.69) is 10.0 Å². The molecule has 1 aliphatic heterocycles. The highest BCUT2D eigenvalue weighted by atomic mass is 16.6. The number of Topliss-reactive ketones (excluding diaryl/α,β-unsaturated/α-hetero) is 1. The number of nitrogens with zero attached hydrogens (tertiary/aromatic N) is 4. The zero-order chi connectivity index (χ0) is 17.5. The highest BCUT2D eigenvalue weighted by Gasteiger charge is 2.37. The van der Waals surface area contributed by atoms with Crippen LogP contribution in [0.5, 0.6) is 0 Å². The summed E-state index contributed by atoms with van der Waals surface area (Å²) in [7, 11) is 0. The molecule has 0 N–H and O–H groups in total. The average Bonchev–Trinajstić information content (AvgIpc) is 2.42. The predicted molar refractivity (Wildman–Crippen MR) is 80.5 cm³/mol. The van der Waals surface area contributed by atoms with Gasteiger partial charge in [0.2, 0.25) is 5.91 Å². The van der Waals surface area contributed by atoms with Crippen LogP contribution in [0.25, 0.3) is 10.4 Å². The molecular formula is C14H22N4O5. The summed E-state index contributed by atoms with van der Waals surface area (Å²) in [5.41, 5.74) is 7.42. The molecule has 0 saturated carbocycles. The van der Waals surface area contributed by atoms with Crippen molar-refractivity contribution in [2.75, 3.05) is 26.3 Å². The number of ether oxygens (including phenoxy) is 2. The number of carbonyl (C=O) groups is 3. The Morgan fingerprint density at radius 3 is 2.70 bits per heavy atom. The lowest BCUT2D eigenvalue weighted by molar-refractivity contribution is -0.142. The van der Waals surface area contributed by atoms with Crippen LogP contribution in [0.3, 0.4) is 0 Å². The third-order valence-electron chi connectivity index (χ3n) is 3.11. The van der Waals surface area contributed by atoms with Crippen LogP contribution in [0, 0.1) is 5.92 Å². The van der Waals surface area contributed by atoms with Gasteiger partial charge in [-0.25, -0.2) is 9.69 Å². The minimum atomic E-state index is -0.732. The van der Waals surface area contributed by atoms with Crippen LogP contribution in [0.1, 0.15) is 33.6 Å². The van der Waals surface area contributed by atoms with Crippen molar-refractivity contribution in [3.63, 3.8) is 0 Å². The zero-order valence-corrected chi connectivity index (χ0v) is 13.7. The monoisotopic (exact) mass is 326 g/mol. The molecule has 1 rings (SSSR count). The van der Waals surface area contributed by atoms with Gasteiger partial charge in [-0.15, -0.1) is 0 Å². The lowest BCUT2D eigenvalue weighted by Gasteiger charge is -2.31. The largest absolute Gasteiger partial charge is 0.443 e. The van der Waals surface area contributed by atoms with E-state index >= 15 is 0 Å². The summed E-state index contributed by atoms with van der Waals surface area (Å²) in [4.78, 5) is 39.4. The standard InChI is InChI=1S/C14H22N4O5/c1-14(2,3)23-13(21)18-9-10(11(19)8-12(18)20)4-6-22-7-5-16-17-15/h10H,4-9H2,1-3H3. The molecule has 128 valence electrons. The summed E-state index contributed by atoms with van der Waals surface area (Å²) in [5, 5.41) is 3.32. The van der Waals surface area contributed by atoms with Crippen LogP contribution >= 0.6 is 0 Å². The molecule has 1 saturated heterocycles. The first-order valence-electron chi connectivity index (χ1n) is 7.39. The van der Waals surface area contributed by atoms with Gasteiger partial charge in [0, 0.05) is 30.5 Å². The van der Waals surface area contributed by atoms with Crippen molar-refractivity contribution in [2.24, 2.45) is 11.0 Å². The molecule has 1 aliphatic rings. The smallest absolute Gasteiger partial charge is 0.417 e. The van der Waals surface area contributed by atoms with Crippen molar-refractivity contribution in [3.8, 4) is 0 Å². The maximum absolute atomic E-state index is 12.0. The van der Waals surface area contributed by atoms with Crippen LogP contribution in [0.2, 0.25) is 0 Å². The minimum absolute atomic E-state index is 0.00624. The summed E-state index contributed by atoms with van der Waals surface area (Å²) < 4.78 is 10.4. The van der Waals surface area contributed by atoms with Crippen molar-refractivity contribution in [3.05, 3.63) is 10.4 Å². The third kappa shape index (κ3) is 6.66. The molecule has 9 heteroatoms. The second-order valence-electron chi connectivity index (χ2n) is 6.18. The Morgan fingerprint density at radius 2 is 2.09 bits per heavy atom. The molecule has 9 nitrogen and oxygen atoms in total. The number of azide groups is 1. The van der Waals surface area contributed by atoms with Gasteiger partial charge in [0.1, 0.15) is 11.4 Å². The van der Waals surface area contributed by atoms with Gasteiger partial charge in [0.05, 0.1) is 13.0 Å². The number of carbonyl (C=O) groups excluding carboxylic acids is 3. The number of hydrogen-bond acceptors (Lipinski definition) is 6. The molecule has 0 radical (unpaired) electrons. The summed E-state index contributed by atoms with van der Waals surface area (Å²) in [6.45, 7) is 5.90. The van der Waals surface area contributed by atoms with E-state index in [1.165, 1.54) is 0 Å². The van der Waals surface area contributed by atoms with Gasteiger partial charge in [-0.3, -0.25) is 9.59 Å². The van der Waals surface area contributed by atoms with E-state index in [-0.39, 0.29) is 38.5 Å². The van der Waals surface area contributed by atoms with Gasteiger partial charge >= 0.3 is 6.09 Å². The van der Waals surface area contributed by atoms with E-state index in [0.717, 1.165) is 4.90 Å². The van der Waals surface area contributed by atoms with Gasteiger partial charge in [-0.05, 0) is 32.7 Å². The van der Waals surface area contributed by atoms with Crippen molar-refractivity contribution in [1.29, 1.82) is 0 Å². The third-order valence-corrected chi connectivity index (χ3v) is 3.11. The van der Waals surface area contributed by atoms with E-state index in [4.69, 9.17) is 15.0 Å². The first kappa shape index (κ1) is 18.9. The SMILES string of the molecule is CC(C)(C)OC(=O)N1CC(CCOCCN=[N+]=[N-])C(=O)CC1=O. The molecule has 1 heterocycles. The highest BCUT2D eigenvalue weighted by molar-refractivity contribution is 6.06. The van der Waals surface area contributed by atoms with Crippen LogP contribution in [0.4, 0.5) is 4.79 Å². The molecule has 0 aliphatic carbocycles. The molecule has 1 atom stereocenters. The van der Waals surface area contributed by atoms with Crippen LogP contribution in [-0.2, 0) is 19.1 Å². The molecule has 0 aromatic carbocycles. The first-order valence-corrected chi connectivity index (χ1v) is 7.39. The van der Waals surface area contributed by atoms with Crippen LogP contribution < -0.4 is 0 Å². The van der Waals surface area contributed by atoms with Crippen molar-refractivity contribution in [2.45, 2.75) is 39.2 Å². The van der Waals surface area contributed by atoms with Gasteiger partial charge in [0.25, 0.3) is 0 Å². The van der Waals surface area contributed by atoms with Gasteiger partial charge < -0.3 is 9.47 Å². The average molecular weight is 326 g/mol. The fourth-order valence-electron chi connectivity index (χ4n) is 2.04. The zero-order valence-electron chi connectivity index (χ0n) is 13.7. The highest BCUT2D eigenvalue weighted by Crippen LogP contribution is 2.20. The van der Waals surface area contributed by atoms with E-state index < -0.39 is 23.5 Å². The quantitative estimate of drug-likeness (QED) is 0.243. The molecular weight excluding hydrogens is 304 g/mol. The van der Waals surface area contributed by atoms with Crippen LogP contribution in [-0.4, -0.2) is 54.6 Å². The molecule has 0 bridgehead atoms. The van der Waals surface area contributed by atoms with Gasteiger partial charge in [-0.1, -0.05) is 5.11 Å². The number of amides is 2. The maximum atomic E-state index is 12.0. The molecule has 1 fully saturated rings. The normalized spacial score (nSPS) is 18.6. The van der Waals surface area contributed by atoms with E-state index in [1.807, 2.05) is 0 Å². The molecule has 1 unspecified atom stereocenters. The van der Waals surface area contributed by atoms with E-state index in [0.29, 0.717) is 6.42 Å². The van der Waals surface area contributed by atoms with Crippen molar-refractivity contribution >= 4 is 17.8 Å². The second-order valence-corrected chi connectivity index (χ2v) is 6.18. The minimum Gasteiger partial charge on any atom is -0.443 e. The number of imide groups is 1. The Labute approximate surface area is 134 Å². The number of piperidine rings is 1. The number of rotatable bonds is 6. The molecule has 23 heavy (non-hydrogen) atoms. The Balaban J connectivity index is 2.51. The second kappa shape index (κ2) is 8.50. The fourth-order valence-corrected chi connectivity index (χ4v) is 2.04. The lowest BCUT2D eigenvalue weighted by atomic mass is 9.93. The maximum Gasteiger partial charge on any atom is 0.417 e. The van der Waals surface area contributed by atoms with Gasteiger partial charge in [-0.2, -0.15) is 0 Å². The summed E-state index contributed by atoms with van der Waals surface area (Å²) >= 11 is 0. The van der Waals surface area contributed by atoms with E-state index in [9.17, 15) is 14.4 Å². The molecule has 2 amide bonds. The summed E-state index contributed by atoms with van der Waals surface area (Å²) in [6, 6.07) is 0. The Bertz CT molecular complexity index is 508. The number of likely N-dealkylation sites (tertiary alicyclic amines) is 1. The van der Waals surface area contributed by atoms with Gasteiger partial charge in [0.15, 0.2) is 0 Å². The fraction of sp³-hybridized carbons (Fsp3) is 0.786. The topological polar surface area (TPSA) is 122 Å². The predicted octanol–water partition coefficient (Wildman–Crippen LogP) is 2.06. The van der Waals surface area contributed by atoms with Crippen LogP contribution in [0.15, 0.2) is 5.11 Å². The summed E-state index contributed by atoms with van der Waals surface area (Å²) in [5.74, 6) is -1.20. The van der Waals surface area contributed by atoms with Crippen molar-refractivity contribution in [1.82, 2.24) is 4.90 Å². The molecule has 0 aromatic heterocycles.